The average Bonchev–Trinajstić information content (AvgIpc) is 2.29. The third-order valence-corrected chi connectivity index (χ3v) is 4.21. The van der Waals surface area contributed by atoms with Crippen molar-refractivity contribution < 1.29 is 14.3 Å². The van der Waals surface area contributed by atoms with Crippen molar-refractivity contribution in [1.29, 1.82) is 0 Å². The summed E-state index contributed by atoms with van der Waals surface area (Å²) in [5.41, 5.74) is -1.25. The van der Waals surface area contributed by atoms with Crippen LogP contribution >= 0.6 is 0 Å². The molecule has 2 rings (SSSR count). The van der Waals surface area contributed by atoms with Crippen LogP contribution in [0.15, 0.2) is 0 Å². The van der Waals surface area contributed by atoms with E-state index in [9.17, 15) is 9.18 Å². The molecule has 3 nitrogen and oxygen atoms in total. The second kappa shape index (κ2) is 5.34. The molecular formula is C13H22FNO2. The van der Waals surface area contributed by atoms with Gasteiger partial charge < -0.3 is 10.4 Å². The van der Waals surface area contributed by atoms with E-state index in [4.69, 9.17) is 5.11 Å². The van der Waals surface area contributed by atoms with Crippen molar-refractivity contribution in [2.24, 2.45) is 5.92 Å². The molecule has 0 bridgehead atoms. The van der Waals surface area contributed by atoms with Gasteiger partial charge in [-0.3, -0.25) is 4.79 Å². The smallest absolute Gasteiger partial charge is 0.320 e. The minimum atomic E-state index is -1.25. The summed E-state index contributed by atoms with van der Waals surface area (Å²) in [5.74, 6) is -0.448. The Bertz CT molecular complexity index is 279. The fraction of sp³-hybridized carbons (Fsp3) is 0.923. The Balaban J connectivity index is 1.90. The number of alkyl halides is 1. The predicted molar refractivity (Wildman–Crippen MR) is 63.7 cm³/mol. The summed E-state index contributed by atoms with van der Waals surface area (Å²) in [6.07, 6.45) is 7.11. The van der Waals surface area contributed by atoms with E-state index in [1.54, 1.807) is 0 Å². The maximum atomic E-state index is 14.7. The van der Waals surface area contributed by atoms with Crippen LogP contribution in [0, 0.1) is 5.92 Å². The van der Waals surface area contributed by atoms with E-state index in [0.29, 0.717) is 25.3 Å². The van der Waals surface area contributed by atoms with Gasteiger partial charge in [0.15, 0.2) is 0 Å². The Labute approximate surface area is 102 Å². The summed E-state index contributed by atoms with van der Waals surface area (Å²) < 4.78 is 14.7. The number of hydrogen-bond donors (Lipinski definition) is 2. The minimum absolute atomic E-state index is 0.138. The fourth-order valence-corrected chi connectivity index (χ4v) is 3.28. The van der Waals surface area contributed by atoms with E-state index in [1.165, 1.54) is 19.3 Å². The summed E-state index contributed by atoms with van der Waals surface area (Å²) in [4.78, 5) is 10.9. The highest BCUT2D eigenvalue weighted by atomic mass is 19.1. The van der Waals surface area contributed by atoms with Gasteiger partial charge in [-0.05, 0) is 25.3 Å². The Kier molecular flexibility index (Phi) is 4.02. The number of carboxylic acids is 1. The first-order valence-electron chi connectivity index (χ1n) is 6.74. The van der Waals surface area contributed by atoms with Crippen LogP contribution in [0.1, 0.15) is 51.4 Å². The maximum Gasteiger partial charge on any atom is 0.320 e. The molecule has 1 aliphatic carbocycles. The lowest BCUT2D eigenvalue weighted by Crippen LogP contribution is -2.50. The number of halogens is 1. The van der Waals surface area contributed by atoms with Gasteiger partial charge in [0.05, 0.1) is 0 Å². The molecule has 0 aromatic carbocycles. The first-order chi connectivity index (χ1) is 8.09. The third kappa shape index (κ3) is 3.41. The fourth-order valence-electron chi connectivity index (χ4n) is 3.28. The van der Waals surface area contributed by atoms with Gasteiger partial charge in [-0.25, -0.2) is 4.39 Å². The summed E-state index contributed by atoms with van der Waals surface area (Å²) in [7, 11) is 0. The topological polar surface area (TPSA) is 49.3 Å². The van der Waals surface area contributed by atoms with Gasteiger partial charge in [0, 0.05) is 6.42 Å². The van der Waals surface area contributed by atoms with E-state index in [2.05, 4.69) is 5.32 Å². The van der Waals surface area contributed by atoms with Crippen molar-refractivity contribution in [2.75, 3.05) is 6.54 Å². The monoisotopic (exact) mass is 243 g/mol. The average molecular weight is 243 g/mol. The summed E-state index contributed by atoms with van der Waals surface area (Å²) in [6, 6.07) is -0.697. The predicted octanol–water partition coefficient (Wildman–Crippen LogP) is 2.50. The van der Waals surface area contributed by atoms with E-state index in [-0.39, 0.29) is 6.42 Å². The molecule has 1 heterocycles. The zero-order chi connectivity index (χ0) is 12.3. The van der Waals surface area contributed by atoms with Crippen molar-refractivity contribution >= 4 is 5.97 Å². The number of aliphatic carboxylic acids is 1. The van der Waals surface area contributed by atoms with Crippen LogP contribution in [0.3, 0.4) is 0 Å². The number of piperidine rings is 1. The Morgan fingerprint density at radius 3 is 2.71 bits per heavy atom. The largest absolute Gasteiger partial charge is 0.480 e. The second-order valence-electron chi connectivity index (χ2n) is 5.66. The van der Waals surface area contributed by atoms with E-state index in [0.717, 1.165) is 12.8 Å². The van der Waals surface area contributed by atoms with Crippen LogP contribution in [-0.2, 0) is 4.79 Å². The van der Waals surface area contributed by atoms with Crippen molar-refractivity contribution in [3.63, 3.8) is 0 Å². The van der Waals surface area contributed by atoms with Crippen LogP contribution in [0.5, 0.6) is 0 Å². The van der Waals surface area contributed by atoms with Crippen molar-refractivity contribution in [3.05, 3.63) is 0 Å². The van der Waals surface area contributed by atoms with Crippen LogP contribution in [0.4, 0.5) is 4.39 Å². The number of carboxylic acid groups (broad SMARTS) is 1. The third-order valence-electron chi connectivity index (χ3n) is 4.21. The summed E-state index contributed by atoms with van der Waals surface area (Å²) >= 11 is 0. The van der Waals surface area contributed by atoms with Gasteiger partial charge in [-0.2, -0.15) is 0 Å². The highest BCUT2D eigenvalue weighted by Gasteiger charge is 2.40. The van der Waals surface area contributed by atoms with Crippen LogP contribution in [-0.4, -0.2) is 29.3 Å². The standard InChI is InChI=1S/C13H22FNO2/c14-13(8-10-4-2-1-3-5-10)6-7-15-11(9-13)12(16)17/h10-11,15H,1-9H2,(H,16,17). The van der Waals surface area contributed by atoms with E-state index >= 15 is 0 Å². The molecule has 0 radical (unpaired) electrons. The van der Waals surface area contributed by atoms with Gasteiger partial charge in [-0.1, -0.05) is 32.1 Å². The van der Waals surface area contributed by atoms with Gasteiger partial charge in [0.1, 0.15) is 11.7 Å². The molecule has 2 fully saturated rings. The number of nitrogens with one attached hydrogen (secondary N) is 1. The van der Waals surface area contributed by atoms with Gasteiger partial charge in [0.2, 0.25) is 0 Å². The molecule has 0 amide bonds. The summed E-state index contributed by atoms with van der Waals surface area (Å²) in [5, 5.41) is 11.8. The zero-order valence-corrected chi connectivity index (χ0v) is 10.3. The number of carbonyl (C=O) groups is 1. The molecule has 1 aliphatic heterocycles. The minimum Gasteiger partial charge on any atom is -0.480 e. The lowest BCUT2D eigenvalue weighted by atomic mass is 9.77. The maximum absolute atomic E-state index is 14.7. The van der Waals surface area contributed by atoms with Crippen molar-refractivity contribution in [1.82, 2.24) is 5.32 Å². The highest BCUT2D eigenvalue weighted by molar-refractivity contribution is 5.73. The lowest BCUT2D eigenvalue weighted by Gasteiger charge is -2.37. The molecule has 2 aliphatic rings. The first kappa shape index (κ1) is 12.8. The number of rotatable bonds is 3. The molecule has 1 saturated carbocycles. The zero-order valence-electron chi connectivity index (χ0n) is 10.3. The van der Waals surface area contributed by atoms with E-state index in [1.807, 2.05) is 0 Å². The molecule has 0 aromatic rings. The molecule has 0 spiro atoms. The van der Waals surface area contributed by atoms with Gasteiger partial charge >= 0.3 is 5.97 Å². The Morgan fingerprint density at radius 1 is 1.35 bits per heavy atom. The molecule has 2 atom stereocenters. The van der Waals surface area contributed by atoms with Gasteiger partial charge in [0.25, 0.3) is 0 Å². The first-order valence-corrected chi connectivity index (χ1v) is 6.74. The molecule has 0 aromatic heterocycles. The Hall–Kier alpha value is -0.640. The summed E-state index contributed by atoms with van der Waals surface area (Å²) in [6.45, 7) is 0.486. The number of hydrogen-bond acceptors (Lipinski definition) is 2. The van der Waals surface area contributed by atoms with Gasteiger partial charge in [-0.15, -0.1) is 0 Å². The molecule has 98 valence electrons. The SMILES string of the molecule is O=C(O)C1CC(F)(CC2CCCCC2)CCN1. The normalized spacial score (nSPS) is 35.7. The van der Waals surface area contributed by atoms with Crippen molar-refractivity contribution in [3.8, 4) is 0 Å². The van der Waals surface area contributed by atoms with Crippen LogP contribution in [0.2, 0.25) is 0 Å². The molecule has 4 heteroatoms. The quantitative estimate of drug-likeness (QED) is 0.800. The molecular weight excluding hydrogens is 221 g/mol. The second-order valence-corrected chi connectivity index (χ2v) is 5.66. The molecule has 1 saturated heterocycles. The highest BCUT2D eigenvalue weighted by Crippen LogP contribution is 2.38. The molecule has 2 N–H and O–H groups in total. The molecule has 17 heavy (non-hydrogen) atoms. The van der Waals surface area contributed by atoms with E-state index < -0.39 is 17.7 Å². The lowest BCUT2D eigenvalue weighted by molar-refractivity contribution is -0.141. The molecule has 2 unspecified atom stereocenters. The Morgan fingerprint density at radius 2 is 2.06 bits per heavy atom. The van der Waals surface area contributed by atoms with Crippen molar-refractivity contribution in [2.45, 2.75) is 63.1 Å². The van der Waals surface area contributed by atoms with Crippen LogP contribution < -0.4 is 5.32 Å². The van der Waals surface area contributed by atoms with Crippen LogP contribution in [0.25, 0.3) is 0 Å².